The number of hydrogen-bond donors (Lipinski definition) is 1. The number of sulfonamides is 1. The average molecular weight is 280 g/mol. The van der Waals surface area contributed by atoms with E-state index < -0.39 is 23.1 Å². The molecule has 0 aliphatic heterocycles. The highest BCUT2D eigenvalue weighted by Gasteiger charge is 2.24. The molecule has 0 saturated carbocycles. The van der Waals surface area contributed by atoms with E-state index in [1.807, 2.05) is 0 Å². The van der Waals surface area contributed by atoms with Gasteiger partial charge in [0, 0.05) is 6.07 Å². The van der Waals surface area contributed by atoms with Crippen molar-refractivity contribution in [3.05, 3.63) is 18.2 Å². The van der Waals surface area contributed by atoms with Crippen molar-refractivity contribution in [1.29, 1.82) is 10.5 Å². The number of benzene rings is 1. The van der Waals surface area contributed by atoms with Crippen LogP contribution in [0.2, 0.25) is 0 Å². The molecule has 1 aromatic carbocycles. The molecule has 0 aromatic heterocycles. The lowest BCUT2D eigenvalue weighted by Gasteiger charge is -2.16. The molecule has 0 atom stereocenters. The second-order valence-electron chi connectivity index (χ2n) is 3.49. The smallest absolute Gasteiger partial charge is 0.245 e. The molecule has 0 saturated heterocycles. The largest absolute Gasteiger partial charge is 0.495 e. The number of nitrogen functional groups attached to an aromatic ring is 1. The Morgan fingerprint density at radius 2 is 1.89 bits per heavy atom. The molecule has 0 amide bonds. The third-order valence-electron chi connectivity index (χ3n) is 2.34. The number of ether oxygens (including phenoxy) is 1. The molecule has 100 valence electrons. The Hall–Kier alpha value is -2.29. The number of nitrogens with zero attached hydrogens (tertiary/aromatic N) is 3. The van der Waals surface area contributed by atoms with E-state index in [0.29, 0.717) is 5.69 Å². The van der Waals surface area contributed by atoms with E-state index in [-0.39, 0.29) is 10.6 Å². The highest BCUT2D eigenvalue weighted by atomic mass is 32.2. The van der Waals surface area contributed by atoms with Crippen LogP contribution in [0.4, 0.5) is 5.69 Å². The van der Waals surface area contributed by atoms with Crippen LogP contribution in [0.5, 0.6) is 5.75 Å². The molecule has 0 aliphatic rings. The number of rotatable bonds is 5. The first-order chi connectivity index (χ1) is 8.97. The van der Waals surface area contributed by atoms with Crippen molar-refractivity contribution in [1.82, 2.24) is 4.31 Å². The van der Waals surface area contributed by atoms with Crippen LogP contribution >= 0.6 is 0 Å². The molecule has 1 rings (SSSR count). The van der Waals surface area contributed by atoms with E-state index in [9.17, 15) is 8.42 Å². The van der Waals surface area contributed by atoms with Crippen molar-refractivity contribution < 1.29 is 13.2 Å². The maximum Gasteiger partial charge on any atom is 0.245 e. The normalized spacial score (nSPS) is 10.7. The van der Waals surface area contributed by atoms with Gasteiger partial charge in [-0.3, -0.25) is 0 Å². The van der Waals surface area contributed by atoms with Gasteiger partial charge >= 0.3 is 0 Å². The Morgan fingerprint density at radius 1 is 1.32 bits per heavy atom. The zero-order valence-corrected chi connectivity index (χ0v) is 11.0. The van der Waals surface area contributed by atoms with E-state index in [0.717, 1.165) is 4.31 Å². The van der Waals surface area contributed by atoms with Crippen LogP contribution in [0.3, 0.4) is 0 Å². The van der Waals surface area contributed by atoms with E-state index in [2.05, 4.69) is 0 Å². The second kappa shape index (κ2) is 6.05. The predicted molar refractivity (Wildman–Crippen MR) is 67.4 cm³/mol. The fourth-order valence-electron chi connectivity index (χ4n) is 1.38. The summed E-state index contributed by atoms with van der Waals surface area (Å²) in [6.45, 7) is -0.800. The summed E-state index contributed by atoms with van der Waals surface area (Å²) in [5, 5.41) is 17.2. The third-order valence-corrected chi connectivity index (χ3v) is 4.12. The summed E-state index contributed by atoms with van der Waals surface area (Å²) in [6.07, 6.45) is 0. The molecule has 7 nitrogen and oxygen atoms in total. The van der Waals surface area contributed by atoms with Crippen molar-refractivity contribution in [3.8, 4) is 17.9 Å². The number of nitrogens with two attached hydrogens (primary N) is 1. The summed E-state index contributed by atoms with van der Waals surface area (Å²) in [4.78, 5) is -0.0796. The van der Waals surface area contributed by atoms with Crippen LogP contribution in [0.1, 0.15) is 0 Å². The first kappa shape index (κ1) is 14.8. The van der Waals surface area contributed by atoms with Crippen molar-refractivity contribution in [2.45, 2.75) is 4.90 Å². The lowest BCUT2D eigenvalue weighted by molar-refractivity contribution is 0.415. The topological polar surface area (TPSA) is 120 Å². The minimum Gasteiger partial charge on any atom is -0.495 e. The molecule has 1 aromatic rings. The SMILES string of the molecule is COc1cc(S(=O)(=O)N(CC#N)CC#N)ccc1N. The second-order valence-corrected chi connectivity index (χ2v) is 5.43. The summed E-state index contributed by atoms with van der Waals surface area (Å²) >= 11 is 0. The number of hydrogen-bond acceptors (Lipinski definition) is 6. The molecule has 2 N–H and O–H groups in total. The summed E-state index contributed by atoms with van der Waals surface area (Å²) in [6, 6.07) is 7.36. The Morgan fingerprint density at radius 3 is 2.37 bits per heavy atom. The Labute approximate surface area is 111 Å². The Bertz CT molecular complexity index is 627. The zero-order chi connectivity index (χ0) is 14.5. The van der Waals surface area contributed by atoms with Crippen LogP contribution in [-0.2, 0) is 10.0 Å². The summed E-state index contributed by atoms with van der Waals surface area (Å²) in [5.74, 6) is 0.218. The molecule has 0 fully saturated rings. The van der Waals surface area contributed by atoms with Gasteiger partial charge in [-0.05, 0) is 12.1 Å². The quantitative estimate of drug-likeness (QED) is 0.612. The van der Waals surface area contributed by atoms with Gasteiger partial charge in [-0.2, -0.15) is 14.8 Å². The van der Waals surface area contributed by atoms with E-state index in [1.165, 1.54) is 25.3 Å². The fourth-order valence-corrected chi connectivity index (χ4v) is 2.63. The van der Waals surface area contributed by atoms with E-state index in [1.54, 1.807) is 12.1 Å². The van der Waals surface area contributed by atoms with Crippen LogP contribution < -0.4 is 10.5 Å². The summed E-state index contributed by atoms with van der Waals surface area (Å²) < 4.78 is 30.2. The molecule has 8 heteroatoms. The van der Waals surface area contributed by atoms with Gasteiger partial charge in [-0.15, -0.1) is 0 Å². The van der Waals surface area contributed by atoms with Crippen LogP contribution in [0.15, 0.2) is 23.1 Å². The minimum atomic E-state index is -3.92. The molecular weight excluding hydrogens is 268 g/mol. The molecule has 0 radical (unpaired) electrons. The van der Waals surface area contributed by atoms with E-state index in [4.69, 9.17) is 21.0 Å². The maximum atomic E-state index is 12.2. The van der Waals surface area contributed by atoms with Crippen molar-refractivity contribution in [2.24, 2.45) is 0 Å². The zero-order valence-electron chi connectivity index (χ0n) is 10.2. The molecular formula is C11H12N4O3S. The van der Waals surface area contributed by atoms with Gasteiger partial charge in [0.25, 0.3) is 0 Å². The van der Waals surface area contributed by atoms with Crippen LogP contribution in [-0.4, -0.2) is 32.9 Å². The minimum absolute atomic E-state index is 0.0796. The molecule has 19 heavy (non-hydrogen) atoms. The van der Waals surface area contributed by atoms with Crippen LogP contribution in [0.25, 0.3) is 0 Å². The van der Waals surface area contributed by atoms with E-state index >= 15 is 0 Å². The molecule has 0 aliphatic carbocycles. The van der Waals surface area contributed by atoms with Crippen molar-refractivity contribution >= 4 is 15.7 Å². The van der Waals surface area contributed by atoms with Gasteiger partial charge < -0.3 is 10.5 Å². The lowest BCUT2D eigenvalue weighted by Crippen LogP contribution is -2.31. The van der Waals surface area contributed by atoms with Crippen molar-refractivity contribution in [3.63, 3.8) is 0 Å². The number of nitriles is 2. The molecule has 0 spiro atoms. The van der Waals surface area contributed by atoms with Crippen molar-refractivity contribution in [2.75, 3.05) is 25.9 Å². The first-order valence-corrected chi connectivity index (χ1v) is 6.59. The molecule has 0 bridgehead atoms. The Balaban J connectivity index is 3.26. The predicted octanol–water partition coefficient (Wildman–Crippen LogP) is 0.315. The van der Waals surface area contributed by atoms with Gasteiger partial charge in [-0.25, -0.2) is 8.42 Å². The van der Waals surface area contributed by atoms with Gasteiger partial charge in [-0.1, -0.05) is 0 Å². The summed E-state index contributed by atoms with van der Waals surface area (Å²) in [7, 11) is -2.56. The maximum absolute atomic E-state index is 12.2. The third kappa shape index (κ3) is 3.13. The van der Waals surface area contributed by atoms with Crippen LogP contribution in [0, 0.1) is 22.7 Å². The monoisotopic (exact) mass is 280 g/mol. The van der Waals surface area contributed by atoms with Gasteiger partial charge in [0.1, 0.15) is 18.8 Å². The first-order valence-electron chi connectivity index (χ1n) is 5.15. The number of methoxy groups -OCH3 is 1. The van der Waals surface area contributed by atoms with Gasteiger partial charge in [0.2, 0.25) is 10.0 Å². The highest BCUT2D eigenvalue weighted by Crippen LogP contribution is 2.26. The molecule has 0 heterocycles. The number of anilines is 1. The average Bonchev–Trinajstić information content (AvgIpc) is 2.38. The van der Waals surface area contributed by atoms with Gasteiger partial charge in [0.05, 0.1) is 29.8 Å². The van der Waals surface area contributed by atoms with Gasteiger partial charge in [0.15, 0.2) is 0 Å². The highest BCUT2D eigenvalue weighted by molar-refractivity contribution is 7.89. The fraction of sp³-hybridized carbons (Fsp3) is 0.273. The lowest BCUT2D eigenvalue weighted by atomic mass is 10.3. The summed E-state index contributed by atoms with van der Waals surface area (Å²) in [5.41, 5.74) is 5.90. The molecule has 0 unspecified atom stereocenters. The standard InChI is InChI=1S/C11H12N4O3S/c1-18-11-8-9(2-3-10(11)14)19(16,17)15(6-4-12)7-5-13/h2-3,8H,6-7,14H2,1H3. The Kier molecular flexibility index (Phi) is 4.70.